The Kier molecular flexibility index (Phi) is 5.73. The van der Waals surface area contributed by atoms with Crippen LogP contribution in [0.5, 0.6) is 0 Å². The maximum atomic E-state index is 14.5. The number of rotatable bonds is 5. The fourth-order valence-corrected chi connectivity index (χ4v) is 3.78. The normalized spacial score (nSPS) is 21.3. The first kappa shape index (κ1) is 20.0. The molecule has 0 spiro atoms. The van der Waals surface area contributed by atoms with Crippen LogP contribution in [0.4, 0.5) is 21.0 Å². The van der Waals surface area contributed by atoms with Gasteiger partial charge in [-0.05, 0) is 37.8 Å². The molecular formula is C20H22FN5O4. The van der Waals surface area contributed by atoms with E-state index in [9.17, 15) is 14.0 Å². The summed E-state index contributed by atoms with van der Waals surface area (Å²) in [7, 11) is 1.40. The third-order valence-electron chi connectivity index (χ3n) is 5.40. The van der Waals surface area contributed by atoms with Crippen molar-refractivity contribution in [3.8, 4) is 11.3 Å². The first-order valence-corrected chi connectivity index (χ1v) is 9.83. The molecule has 0 atom stereocenters. The SMILES string of the molecule is COC(=O)[C@H]1CC[C@H](Nc2ncc(F)c(-c3ccnc(N4CCOC4=O)c3)n2)CC1. The number of methoxy groups -OCH3 is 1. The molecule has 2 aliphatic rings. The van der Waals surface area contributed by atoms with Crippen LogP contribution in [0.2, 0.25) is 0 Å². The van der Waals surface area contributed by atoms with Crippen molar-refractivity contribution < 1.29 is 23.5 Å². The van der Waals surface area contributed by atoms with Crippen molar-refractivity contribution in [2.75, 3.05) is 30.5 Å². The molecule has 4 rings (SSSR count). The number of nitrogens with zero attached hydrogens (tertiary/aromatic N) is 4. The van der Waals surface area contributed by atoms with Gasteiger partial charge in [-0.2, -0.15) is 0 Å². The Bertz CT molecular complexity index is 949. The van der Waals surface area contributed by atoms with Crippen LogP contribution in [0.1, 0.15) is 25.7 Å². The van der Waals surface area contributed by atoms with Gasteiger partial charge in [-0.3, -0.25) is 9.69 Å². The molecule has 2 fully saturated rings. The molecule has 0 aromatic carbocycles. The van der Waals surface area contributed by atoms with Gasteiger partial charge in [0.25, 0.3) is 0 Å². The lowest BCUT2D eigenvalue weighted by Gasteiger charge is -2.27. The first-order valence-electron chi connectivity index (χ1n) is 9.83. The third kappa shape index (κ3) is 4.17. The van der Waals surface area contributed by atoms with Crippen LogP contribution in [-0.4, -0.2) is 53.3 Å². The Labute approximate surface area is 172 Å². The van der Waals surface area contributed by atoms with Crippen molar-refractivity contribution in [2.45, 2.75) is 31.7 Å². The van der Waals surface area contributed by atoms with Crippen LogP contribution in [0.15, 0.2) is 24.5 Å². The van der Waals surface area contributed by atoms with E-state index in [4.69, 9.17) is 9.47 Å². The number of halogens is 1. The molecule has 30 heavy (non-hydrogen) atoms. The van der Waals surface area contributed by atoms with E-state index in [0.29, 0.717) is 30.5 Å². The van der Waals surface area contributed by atoms with Crippen LogP contribution in [0.3, 0.4) is 0 Å². The molecule has 158 valence electrons. The van der Waals surface area contributed by atoms with Crippen molar-refractivity contribution in [1.82, 2.24) is 15.0 Å². The number of pyridine rings is 1. The number of esters is 1. The lowest BCUT2D eigenvalue weighted by molar-refractivity contribution is -0.146. The zero-order chi connectivity index (χ0) is 21.1. The summed E-state index contributed by atoms with van der Waals surface area (Å²) in [6.07, 6.45) is 5.12. The van der Waals surface area contributed by atoms with E-state index >= 15 is 0 Å². The van der Waals surface area contributed by atoms with Gasteiger partial charge < -0.3 is 14.8 Å². The molecule has 10 heteroatoms. The Morgan fingerprint density at radius 1 is 1.30 bits per heavy atom. The predicted octanol–water partition coefficient (Wildman–Crippen LogP) is 2.78. The van der Waals surface area contributed by atoms with Gasteiger partial charge in [-0.15, -0.1) is 0 Å². The van der Waals surface area contributed by atoms with Gasteiger partial charge >= 0.3 is 12.1 Å². The van der Waals surface area contributed by atoms with Crippen molar-refractivity contribution in [1.29, 1.82) is 0 Å². The molecule has 1 aliphatic carbocycles. The fourth-order valence-electron chi connectivity index (χ4n) is 3.78. The number of cyclic esters (lactones) is 1. The second-order valence-corrected chi connectivity index (χ2v) is 7.27. The number of nitrogens with one attached hydrogen (secondary N) is 1. The average molecular weight is 415 g/mol. The van der Waals surface area contributed by atoms with Crippen LogP contribution in [0, 0.1) is 11.7 Å². The highest BCUT2D eigenvalue weighted by molar-refractivity contribution is 5.88. The van der Waals surface area contributed by atoms with E-state index in [0.717, 1.165) is 31.9 Å². The molecule has 1 saturated carbocycles. The predicted molar refractivity (Wildman–Crippen MR) is 105 cm³/mol. The summed E-state index contributed by atoms with van der Waals surface area (Å²) in [5.74, 6) is -0.138. The summed E-state index contributed by atoms with van der Waals surface area (Å²) in [5.41, 5.74) is 0.601. The molecular weight excluding hydrogens is 393 g/mol. The van der Waals surface area contributed by atoms with Crippen molar-refractivity contribution in [3.05, 3.63) is 30.3 Å². The topological polar surface area (TPSA) is 107 Å². The summed E-state index contributed by atoms with van der Waals surface area (Å²) in [5, 5.41) is 3.23. The van der Waals surface area contributed by atoms with Crippen molar-refractivity contribution in [2.24, 2.45) is 5.92 Å². The number of ether oxygens (including phenoxy) is 2. The molecule has 1 aliphatic heterocycles. The molecule has 1 N–H and O–H groups in total. The van der Waals surface area contributed by atoms with E-state index in [1.54, 1.807) is 12.1 Å². The summed E-state index contributed by atoms with van der Waals surface area (Å²) < 4.78 is 24.2. The largest absolute Gasteiger partial charge is 0.469 e. The van der Waals surface area contributed by atoms with Gasteiger partial charge in [-0.25, -0.2) is 24.1 Å². The Hall–Kier alpha value is -3.30. The Morgan fingerprint density at radius 2 is 2.10 bits per heavy atom. The molecule has 1 amide bonds. The van der Waals surface area contributed by atoms with Gasteiger partial charge in [0.2, 0.25) is 5.95 Å². The molecule has 0 radical (unpaired) electrons. The summed E-state index contributed by atoms with van der Waals surface area (Å²) >= 11 is 0. The molecule has 2 aromatic rings. The molecule has 1 saturated heterocycles. The first-order chi connectivity index (χ1) is 14.5. The zero-order valence-corrected chi connectivity index (χ0v) is 16.5. The quantitative estimate of drug-likeness (QED) is 0.743. The van der Waals surface area contributed by atoms with Crippen LogP contribution < -0.4 is 10.2 Å². The van der Waals surface area contributed by atoms with Crippen molar-refractivity contribution in [3.63, 3.8) is 0 Å². The molecule has 3 heterocycles. The minimum atomic E-state index is -0.573. The smallest absolute Gasteiger partial charge is 0.415 e. The van der Waals surface area contributed by atoms with Gasteiger partial charge in [0, 0.05) is 17.8 Å². The van der Waals surface area contributed by atoms with Crippen LogP contribution >= 0.6 is 0 Å². The lowest BCUT2D eigenvalue weighted by Crippen LogP contribution is -2.30. The van der Waals surface area contributed by atoms with Gasteiger partial charge in [-0.1, -0.05) is 0 Å². The minimum Gasteiger partial charge on any atom is -0.469 e. The summed E-state index contributed by atoms with van der Waals surface area (Å²) in [6, 6.07) is 3.32. The average Bonchev–Trinajstić information content (AvgIpc) is 3.21. The maximum absolute atomic E-state index is 14.5. The molecule has 2 aromatic heterocycles. The highest BCUT2D eigenvalue weighted by Crippen LogP contribution is 2.29. The number of hydrogen-bond acceptors (Lipinski definition) is 8. The number of aromatic nitrogens is 3. The van der Waals surface area contributed by atoms with Crippen molar-refractivity contribution >= 4 is 23.8 Å². The monoisotopic (exact) mass is 415 g/mol. The van der Waals surface area contributed by atoms with E-state index in [2.05, 4.69) is 20.3 Å². The van der Waals surface area contributed by atoms with E-state index in [-0.39, 0.29) is 23.6 Å². The van der Waals surface area contributed by atoms with Crippen LogP contribution in [0.25, 0.3) is 11.3 Å². The second-order valence-electron chi connectivity index (χ2n) is 7.27. The number of hydrogen-bond donors (Lipinski definition) is 1. The van der Waals surface area contributed by atoms with Gasteiger partial charge in [0.1, 0.15) is 18.1 Å². The highest BCUT2D eigenvalue weighted by atomic mass is 19.1. The standard InChI is InChI=1S/C20H22FN5O4/c1-29-18(27)12-2-4-14(5-3-12)24-19-23-11-15(21)17(25-19)13-6-7-22-16(10-13)26-8-9-30-20(26)28/h6-7,10-12,14H,2-5,8-9H2,1H3,(H,23,24,25)/t12-,14-. The highest BCUT2D eigenvalue weighted by Gasteiger charge is 2.28. The second kappa shape index (κ2) is 8.60. The van der Waals surface area contributed by atoms with E-state index in [1.807, 2.05) is 0 Å². The molecule has 0 bridgehead atoms. The van der Waals surface area contributed by atoms with Crippen LogP contribution in [-0.2, 0) is 14.3 Å². The lowest BCUT2D eigenvalue weighted by atomic mass is 9.86. The third-order valence-corrected chi connectivity index (χ3v) is 5.40. The van der Waals surface area contributed by atoms with E-state index < -0.39 is 11.9 Å². The number of carbonyl (C=O) groups excluding carboxylic acids is 2. The zero-order valence-electron chi connectivity index (χ0n) is 16.5. The van der Waals surface area contributed by atoms with Gasteiger partial charge in [0.05, 0.1) is 25.8 Å². The summed E-state index contributed by atoms with van der Waals surface area (Å²) in [6.45, 7) is 0.682. The van der Waals surface area contributed by atoms with E-state index in [1.165, 1.54) is 18.2 Å². The number of carbonyl (C=O) groups is 2. The minimum absolute atomic E-state index is 0.0785. The number of anilines is 2. The summed E-state index contributed by atoms with van der Waals surface area (Å²) in [4.78, 5) is 37.4. The van der Waals surface area contributed by atoms with Gasteiger partial charge in [0.15, 0.2) is 5.82 Å². The molecule has 0 unspecified atom stereocenters. The Morgan fingerprint density at radius 3 is 2.80 bits per heavy atom. The molecule has 9 nitrogen and oxygen atoms in total. The maximum Gasteiger partial charge on any atom is 0.415 e. The fraction of sp³-hybridized carbons (Fsp3) is 0.450. The Balaban J connectivity index is 1.49. The number of amides is 1.